The monoisotopic (exact) mass is 472 g/mol. The van der Waals surface area contributed by atoms with Gasteiger partial charge in [0.2, 0.25) is 0 Å². The number of hydrogen-bond donors (Lipinski definition) is 1. The molecule has 1 fully saturated rings. The van der Waals surface area contributed by atoms with Crippen LogP contribution in [0.4, 0.5) is 0 Å². The summed E-state index contributed by atoms with van der Waals surface area (Å²) in [5.41, 5.74) is 0. The minimum absolute atomic E-state index is 0.0417. The van der Waals surface area contributed by atoms with E-state index in [-0.39, 0.29) is 11.6 Å². The van der Waals surface area contributed by atoms with E-state index in [0.717, 1.165) is 10.4 Å². The molecule has 0 aromatic heterocycles. The molecule has 0 aliphatic carbocycles. The normalized spacial score (nSPS) is 23.2. The molecule has 1 aliphatic heterocycles. The molecule has 0 radical (unpaired) electrons. The second-order valence-corrected chi connectivity index (χ2v) is 13.5. The van der Waals surface area contributed by atoms with Crippen LogP contribution in [-0.2, 0) is 28.2 Å². The highest BCUT2D eigenvalue weighted by atomic mass is 28.4. The molecule has 1 aliphatic rings. The summed E-state index contributed by atoms with van der Waals surface area (Å²) in [6.07, 6.45) is -4.35. The Morgan fingerprint density at radius 3 is 1.76 bits per heavy atom. The first-order valence-electron chi connectivity index (χ1n) is 11.0. The average molecular weight is 473 g/mol. The van der Waals surface area contributed by atoms with Crippen molar-refractivity contribution in [2.24, 2.45) is 0 Å². The highest BCUT2D eigenvalue weighted by Crippen LogP contribution is 2.37. The van der Waals surface area contributed by atoms with E-state index in [4.69, 9.17) is 18.6 Å². The lowest BCUT2D eigenvalue weighted by Crippen LogP contribution is -2.67. The van der Waals surface area contributed by atoms with Gasteiger partial charge in [0, 0.05) is 13.8 Å². The van der Waals surface area contributed by atoms with Gasteiger partial charge in [0.05, 0.1) is 6.61 Å². The molecule has 1 heterocycles. The van der Waals surface area contributed by atoms with Crippen molar-refractivity contribution in [1.82, 2.24) is 0 Å². The van der Waals surface area contributed by atoms with Crippen LogP contribution in [0.25, 0.3) is 0 Å². The number of aliphatic hydroxyl groups is 1. The quantitative estimate of drug-likeness (QED) is 0.488. The molecule has 0 spiro atoms. The van der Waals surface area contributed by atoms with Gasteiger partial charge in [-0.1, -0.05) is 81.4 Å². The van der Waals surface area contributed by atoms with E-state index in [9.17, 15) is 14.7 Å². The fourth-order valence-electron chi connectivity index (χ4n) is 4.46. The van der Waals surface area contributed by atoms with E-state index in [1.165, 1.54) is 13.8 Å². The van der Waals surface area contributed by atoms with Crippen LogP contribution in [0.1, 0.15) is 34.6 Å². The summed E-state index contributed by atoms with van der Waals surface area (Å²) in [4.78, 5) is 23.3. The molecule has 0 bridgehead atoms. The van der Waals surface area contributed by atoms with Gasteiger partial charge in [-0.3, -0.25) is 9.59 Å². The molecule has 2 aromatic rings. The van der Waals surface area contributed by atoms with Crippen molar-refractivity contribution in [1.29, 1.82) is 0 Å². The highest BCUT2D eigenvalue weighted by Gasteiger charge is 2.53. The number of carbonyl (C=O) groups is 2. The summed E-state index contributed by atoms with van der Waals surface area (Å²) >= 11 is 0. The van der Waals surface area contributed by atoms with Gasteiger partial charge in [0.15, 0.2) is 18.5 Å². The van der Waals surface area contributed by atoms with Crippen LogP contribution >= 0.6 is 0 Å². The number of carbonyl (C=O) groups excluding carboxylic acids is 2. The Hall–Kier alpha value is -2.52. The van der Waals surface area contributed by atoms with Crippen LogP contribution in [0.5, 0.6) is 0 Å². The molecular weight excluding hydrogens is 440 g/mol. The summed E-state index contributed by atoms with van der Waals surface area (Å²) < 4.78 is 23.1. The number of esters is 2. The Bertz CT molecular complexity index is 903. The first-order chi connectivity index (χ1) is 15.6. The Morgan fingerprint density at radius 1 is 0.879 bits per heavy atom. The molecule has 1 saturated heterocycles. The van der Waals surface area contributed by atoms with Crippen molar-refractivity contribution < 1.29 is 33.3 Å². The number of rotatable bonds is 7. The smallest absolute Gasteiger partial charge is 0.303 e. The van der Waals surface area contributed by atoms with Crippen LogP contribution in [0.15, 0.2) is 60.7 Å². The maximum Gasteiger partial charge on any atom is 0.303 e. The van der Waals surface area contributed by atoms with Gasteiger partial charge >= 0.3 is 11.9 Å². The predicted molar refractivity (Wildman–Crippen MR) is 126 cm³/mol. The number of ether oxygens (including phenoxy) is 3. The first-order valence-corrected chi connectivity index (χ1v) is 12.9. The Kier molecular flexibility index (Phi) is 7.74. The third-order valence-electron chi connectivity index (χ3n) is 5.77. The SMILES string of the molecule is CC(=O)OC1C(OC(C)=O)[C@@H](CO[Si](c2ccccc2)(c2ccccc2)C(C)(C)C)O[C@@H]1O. The average Bonchev–Trinajstić information content (AvgIpc) is 3.02. The van der Waals surface area contributed by atoms with Gasteiger partial charge in [0.25, 0.3) is 8.32 Å². The Morgan fingerprint density at radius 2 is 1.33 bits per heavy atom. The molecule has 178 valence electrons. The second kappa shape index (κ2) is 10.2. The molecule has 0 saturated carbocycles. The Balaban J connectivity index is 2.00. The van der Waals surface area contributed by atoms with Crippen LogP contribution in [0.2, 0.25) is 5.04 Å². The Labute approximate surface area is 195 Å². The zero-order valence-electron chi connectivity index (χ0n) is 19.7. The number of hydrogen-bond acceptors (Lipinski definition) is 7. The summed E-state index contributed by atoms with van der Waals surface area (Å²) in [5, 5.41) is 12.3. The van der Waals surface area contributed by atoms with E-state index < -0.39 is 44.9 Å². The van der Waals surface area contributed by atoms with Crippen molar-refractivity contribution in [3.8, 4) is 0 Å². The van der Waals surface area contributed by atoms with Gasteiger partial charge < -0.3 is 23.7 Å². The molecule has 2 unspecified atom stereocenters. The molecule has 3 rings (SSSR count). The topological polar surface area (TPSA) is 91.3 Å². The van der Waals surface area contributed by atoms with E-state index in [0.29, 0.717) is 0 Å². The lowest BCUT2D eigenvalue weighted by Gasteiger charge is -2.43. The molecule has 7 nitrogen and oxygen atoms in total. The maximum atomic E-state index is 11.8. The van der Waals surface area contributed by atoms with Crippen LogP contribution in [0, 0.1) is 0 Å². The highest BCUT2D eigenvalue weighted by molar-refractivity contribution is 6.99. The third kappa shape index (κ3) is 5.35. The molecular formula is C25H32O7Si. The van der Waals surface area contributed by atoms with Gasteiger partial charge in [-0.15, -0.1) is 0 Å². The number of aliphatic hydroxyl groups excluding tert-OH is 1. The fourth-order valence-corrected chi connectivity index (χ4v) is 9.03. The fraction of sp³-hybridized carbons (Fsp3) is 0.440. The molecule has 8 heteroatoms. The third-order valence-corrected chi connectivity index (χ3v) is 10.8. The summed E-state index contributed by atoms with van der Waals surface area (Å²) in [6, 6.07) is 20.2. The van der Waals surface area contributed by atoms with Crippen LogP contribution in [0.3, 0.4) is 0 Å². The minimum atomic E-state index is -2.87. The maximum absolute atomic E-state index is 11.8. The standard InChI is InChI=1S/C25H32O7Si/c1-17(26)30-22-21(32-24(28)23(22)31-18(2)27)16-29-33(25(3,4)5,19-12-8-6-9-13-19)20-14-10-7-11-15-20/h6-15,21-24,28H,16H2,1-5H3/t21-,22?,23?,24+/m1/s1. The zero-order chi connectivity index (χ0) is 24.2. The van der Waals surface area contributed by atoms with E-state index in [1.54, 1.807) is 0 Å². The van der Waals surface area contributed by atoms with Gasteiger partial charge in [-0.25, -0.2) is 0 Å². The molecule has 1 N–H and O–H groups in total. The predicted octanol–water partition coefficient (Wildman–Crippen LogP) is 2.14. The van der Waals surface area contributed by atoms with E-state index in [2.05, 4.69) is 45.0 Å². The largest absolute Gasteiger partial charge is 0.455 e. The molecule has 4 atom stereocenters. The lowest BCUT2D eigenvalue weighted by molar-refractivity contribution is -0.174. The van der Waals surface area contributed by atoms with Crippen molar-refractivity contribution in [3.05, 3.63) is 60.7 Å². The molecule has 2 aromatic carbocycles. The van der Waals surface area contributed by atoms with E-state index in [1.807, 2.05) is 36.4 Å². The zero-order valence-corrected chi connectivity index (χ0v) is 20.7. The summed E-state index contributed by atoms with van der Waals surface area (Å²) in [7, 11) is -2.87. The second-order valence-electron chi connectivity index (χ2n) is 9.19. The van der Waals surface area contributed by atoms with E-state index >= 15 is 0 Å². The number of benzene rings is 2. The lowest BCUT2D eigenvalue weighted by atomic mass is 10.1. The van der Waals surface area contributed by atoms with Gasteiger partial charge in [0.1, 0.15) is 6.10 Å². The molecule has 33 heavy (non-hydrogen) atoms. The summed E-state index contributed by atoms with van der Waals surface area (Å²) in [6.45, 7) is 8.97. The van der Waals surface area contributed by atoms with Crippen LogP contribution in [-0.4, -0.2) is 56.6 Å². The molecule has 0 amide bonds. The first kappa shape index (κ1) is 25.1. The minimum Gasteiger partial charge on any atom is -0.455 e. The van der Waals surface area contributed by atoms with Gasteiger partial charge in [-0.05, 0) is 15.4 Å². The van der Waals surface area contributed by atoms with Crippen LogP contribution < -0.4 is 10.4 Å². The van der Waals surface area contributed by atoms with Gasteiger partial charge in [-0.2, -0.15) is 0 Å². The summed E-state index contributed by atoms with van der Waals surface area (Å²) in [5.74, 6) is -1.17. The van der Waals surface area contributed by atoms with Crippen molar-refractivity contribution in [2.75, 3.05) is 6.61 Å². The van der Waals surface area contributed by atoms with Crippen molar-refractivity contribution in [3.63, 3.8) is 0 Å². The van der Waals surface area contributed by atoms with Crippen molar-refractivity contribution >= 4 is 30.6 Å². The van der Waals surface area contributed by atoms with Crippen molar-refractivity contribution in [2.45, 2.75) is 64.3 Å².